The molecule has 0 amide bonds. The topological polar surface area (TPSA) is 116 Å². The Kier molecular flexibility index (Phi) is 3.40. The zero-order valence-corrected chi connectivity index (χ0v) is 12.8. The Morgan fingerprint density at radius 2 is 1.67 bits per heavy atom. The Morgan fingerprint density at radius 3 is 2.29 bits per heavy atom. The van der Waals surface area contributed by atoms with E-state index in [0.717, 1.165) is 20.0 Å². The van der Waals surface area contributed by atoms with Crippen LogP contribution in [0, 0.1) is 0 Å². The van der Waals surface area contributed by atoms with Crippen molar-refractivity contribution in [1.29, 1.82) is 0 Å². The summed E-state index contributed by atoms with van der Waals surface area (Å²) in [5.74, 6) is -1.98. The number of carbonyl (C=O) groups is 2. The monoisotopic (exact) mass is 328 g/mol. The van der Waals surface area contributed by atoms with Crippen LogP contribution >= 0.6 is 0 Å². The maximum Gasteiger partial charge on any atom is 0.336 e. The number of hydrogen-bond acceptors (Lipinski definition) is 5. The molecule has 24 heavy (non-hydrogen) atoms. The molecule has 0 saturated heterocycles. The summed E-state index contributed by atoms with van der Waals surface area (Å²) in [5.41, 5.74) is -1.58. The number of fused-ring (bicyclic) bond motifs is 1. The van der Waals surface area contributed by atoms with Crippen LogP contribution in [0.15, 0.2) is 40.2 Å². The molecule has 3 aromatic rings. The Labute approximate surface area is 134 Å². The van der Waals surface area contributed by atoms with E-state index in [9.17, 15) is 24.3 Å². The van der Waals surface area contributed by atoms with Gasteiger partial charge in [0.1, 0.15) is 6.33 Å². The van der Waals surface area contributed by atoms with Crippen molar-refractivity contribution in [1.82, 2.24) is 18.7 Å². The Bertz CT molecular complexity index is 1120. The fourth-order valence-electron chi connectivity index (χ4n) is 2.48. The summed E-state index contributed by atoms with van der Waals surface area (Å²) in [7, 11) is 2.72. The van der Waals surface area contributed by atoms with Gasteiger partial charge in [-0.05, 0) is 12.1 Å². The van der Waals surface area contributed by atoms with Crippen LogP contribution < -0.4 is 11.2 Å². The van der Waals surface area contributed by atoms with Crippen LogP contribution in [0.25, 0.3) is 11.2 Å². The van der Waals surface area contributed by atoms with E-state index in [0.29, 0.717) is 0 Å². The summed E-state index contributed by atoms with van der Waals surface area (Å²) in [5, 5.41) is 9.22. The van der Waals surface area contributed by atoms with E-state index in [4.69, 9.17) is 0 Å². The van der Waals surface area contributed by atoms with Crippen molar-refractivity contribution in [3.8, 4) is 0 Å². The second-order valence-electron chi connectivity index (χ2n) is 5.15. The van der Waals surface area contributed by atoms with Gasteiger partial charge in [0, 0.05) is 14.1 Å². The summed E-state index contributed by atoms with van der Waals surface area (Å²) < 4.78 is 2.96. The first-order valence-electron chi connectivity index (χ1n) is 6.84. The van der Waals surface area contributed by atoms with Crippen LogP contribution in [0.1, 0.15) is 20.7 Å². The number of aromatic carboxylic acids is 1. The molecule has 0 unspecified atom stereocenters. The number of benzene rings is 1. The van der Waals surface area contributed by atoms with Crippen LogP contribution in [-0.4, -0.2) is 35.7 Å². The summed E-state index contributed by atoms with van der Waals surface area (Å²) in [6.07, 6.45) is 1.10. The fourth-order valence-corrected chi connectivity index (χ4v) is 2.48. The summed E-state index contributed by atoms with van der Waals surface area (Å²) in [6, 6.07) is 5.66. The van der Waals surface area contributed by atoms with Crippen molar-refractivity contribution in [2.75, 3.05) is 0 Å². The molecule has 9 nitrogen and oxygen atoms in total. The van der Waals surface area contributed by atoms with Crippen molar-refractivity contribution in [3.63, 3.8) is 0 Å². The summed E-state index contributed by atoms with van der Waals surface area (Å²) in [4.78, 5) is 52.2. The van der Waals surface area contributed by atoms with E-state index in [1.54, 1.807) is 0 Å². The number of carboxylic acids is 1. The van der Waals surface area contributed by atoms with Gasteiger partial charge in [-0.1, -0.05) is 12.1 Å². The smallest absolute Gasteiger partial charge is 0.336 e. The number of aromatic nitrogens is 4. The molecule has 1 N–H and O–H groups in total. The lowest BCUT2D eigenvalue weighted by atomic mass is 10.1. The molecule has 3 rings (SSSR count). The summed E-state index contributed by atoms with van der Waals surface area (Å²) in [6.45, 7) is 0. The van der Waals surface area contributed by atoms with Crippen molar-refractivity contribution in [2.45, 2.75) is 0 Å². The van der Waals surface area contributed by atoms with E-state index >= 15 is 0 Å². The molecule has 0 radical (unpaired) electrons. The highest BCUT2D eigenvalue weighted by Crippen LogP contribution is 2.14. The molecule has 2 aromatic heterocycles. The van der Waals surface area contributed by atoms with Gasteiger partial charge in [0.25, 0.3) is 11.5 Å². The Balaban J connectivity index is 2.33. The molecule has 122 valence electrons. The van der Waals surface area contributed by atoms with E-state index < -0.39 is 23.1 Å². The SMILES string of the molecule is Cn1c(=O)c2c(ncn2C(=O)c2ccccc2C(=O)O)n(C)c1=O. The predicted octanol–water partition coefficient (Wildman–Crippen LogP) is -0.180. The molecular weight excluding hydrogens is 316 g/mol. The van der Waals surface area contributed by atoms with Crippen molar-refractivity contribution in [3.05, 3.63) is 62.6 Å². The Morgan fingerprint density at radius 1 is 1.04 bits per heavy atom. The van der Waals surface area contributed by atoms with Gasteiger partial charge in [-0.2, -0.15) is 0 Å². The molecule has 0 saturated carbocycles. The fraction of sp³-hybridized carbons (Fsp3) is 0.133. The van der Waals surface area contributed by atoms with Crippen LogP contribution in [0.4, 0.5) is 0 Å². The minimum atomic E-state index is -1.26. The average molecular weight is 328 g/mol. The summed E-state index contributed by atoms with van der Waals surface area (Å²) >= 11 is 0. The zero-order chi connectivity index (χ0) is 17.6. The number of rotatable bonds is 2. The van der Waals surface area contributed by atoms with Gasteiger partial charge in [0.2, 0.25) is 0 Å². The zero-order valence-electron chi connectivity index (χ0n) is 12.8. The van der Waals surface area contributed by atoms with Gasteiger partial charge in [0.15, 0.2) is 11.2 Å². The van der Waals surface area contributed by atoms with Gasteiger partial charge in [-0.15, -0.1) is 0 Å². The quantitative estimate of drug-likeness (QED) is 0.697. The molecule has 0 bridgehead atoms. The molecule has 0 aliphatic heterocycles. The second kappa shape index (κ2) is 5.30. The van der Waals surface area contributed by atoms with Crippen LogP contribution in [0.3, 0.4) is 0 Å². The third kappa shape index (κ3) is 2.06. The first kappa shape index (κ1) is 15.4. The highest BCUT2D eigenvalue weighted by molar-refractivity contribution is 6.07. The van der Waals surface area contributed by atoms with Crippen LogP contribution in [0.2, 0.25) is 0 Å². The molecule has 1 aromatic carbocycles. The number of nitrogens with zero attached hydrogens (tertiary/aromatic N) is 4. The van der Waals surface area contributed by atoms with Gasteiger partial charge < -0.3 is 5.11 Å². The first-order chi connectivity index (χ1) is 11.3. The number of carboxylic acid groups (broad SMARTS) is 1. The van der Waals surface area contributed by atoms with E-state index in [1.165, 1.54) is 38.4 Å². The van der Waals surface area contributed by atoms with Gasteiger partial charge >= 0.3 is 11.7 Å². The largest absolute Gasteiger partial charge is 0.478 e. The molecule has 0 atom stereocenters. The van der Waals surface area contributed by atoms with Crippen molar-refractivity contribution < 1.29 is 14.7 Å². The van der Waals surface area contributed by atoms with Crippen molar-refractivity contribution in [2.24, 2.45) is 14.1 Å². The molecular formula is C15H12N4O5. The molecule has 2 heterocycles. The minimum Gasteiger partial charge on any atom is -0.478 e. The number of carbonyl (C=O) groups excluding carboxylic acids is 1. The number of hydrogen-bond donors (Lipinski definition) is 1. The highest BCUT2D eigenvalue weighted by Gasteiger charge is 2.22. The average Bonchev–Trinajstić information content (AvgIpc) is 3.02. The molecule has 9 heteroatoms. The standard InChI is InChI=1S/C15H12N4O5/c1-17-11-10(13(21)18(2)15(17)24)19(7-16-11)12(20)8-5-3-4-6-9(8)14(22)23/h3-7H,1-2H3,(H,22,23). The third-order valence-electron chi connectivity index (χ3n) is 3.75. The van der Waals surface area contributed by atoms with Crippen molar-refractivity contribution >= 4 is 23.0 Å². The van der Waals surface area contributed by atoms with Gasteiger partial charge in [-0.25, -0.2) is 14.6 Å². The lowest BCUT2D eigenvalue weighted by Gasteiger charge is -2.07. The lowest BCUT2D eigenvalue weighted by Crippen LogP contribution is -2.38. The van der Waals surface area contributed by atoms with Crippen LogP contribution in [0.5, 0.6) is 0 Å². The molecule has 0 aliphatic carbocycles. The number of aryl methyl sites for hydroxylation is 1. The van der Waals surface area contributed by atoms with E-state index in [-0.39, 0.29) is 22.3 Å². The molecule has 0 aliphatic rings. The van der Waals surface area contributed by atoms with E-state index in [1.807, 2.05) is 0 Å². The minimum absolute atomic E-state index is 0.0456. The maximum absolute atomic E-state index is 12.7. The predicted molar refractivity (Wildman–Crippen MR) is 83.3 cm³/mol. The Hall–Kier alpha value is -3.49. The van der Waals surface area contributed by atoms with Crippen LogP contribution in [-0.2, 0) is 14.1 Å². The molecule has 0 fully saturated rings. The molecule has 0 spiro atoms. The van der Waals surface area contributed by atoms with E-state index in [2.05, 4.69) is 4.98 Å². The first-order valence-corrected chi connectivity index (χ1v) is 6.84. The number of imidazole rings is 1. The highest BCUT2D eigenvalue weighted by atomic mass is 16.4. The second-order valence-corrected chi connectivity index (χ2v) is 5.15. The third-order valence-corrected chi connectivity index (χ3v) is 3.75. The van der Waals surface area contributed by atoms with Gasteiger partial charge in [0.05, 0.1) is 11.1 Å². The van der Waals surface area contributed by atoms with Gasteiger partial charge in [-0.3, -0.25) is 23.3 Å². The lowest BCUT2D eigenvalue weighted by molar-refractivity contribution is 0.0691. The normalized spacial score (nSPS) is 10.9. The maximum atomic E-state index is 12.7.